The second-order valence-electron chi connectivity index (χ2n) is 8.35. The van der Waals surface area contributed by atoms with Crippen LogP contribution in [0.3, 0.4) is 0 Å². The average molecular weight is 409 g/mol. The molecule has 0 amide bonds. The number of rotatable bonds is 7. The fraction of sp³-hybridized carbons (Fsp3) is 0.545. The predicted octanol–water partition coefficient (Wildman–Crippen LogP) is 3.59. The van der Waals surface area contributed by atoms with Gasteiger partial charge in [0.15, 0.2) is 11.5 Å². The Balaban J connectivity index is 1.57. The van der Waals surface area contributed by atoms with E-state index in [1.54, 1.807) is 4.52 Å². The van der Waals surface area contributed by atoms with Crippen LogP contribution in [-0.4, -0.2) is 43.7 Å². The van der Waals surface area contributed by atoms with E-state index in [4.69, 9.17) is 10.7 Å². The second-order valence-corrected chi connectivity index (χ2v) is 8.35. The van der Waals surface area contributed by atoms with Crippen molar-refractivity contribution in [3.8, 4) is 0 Å². The van der Waals surface area contributed by atoms with Gasteiger partial charge in [-0.3, -0.25) is 0 Å². The van der Waals surface area contributed by atoms with Crippen LogP contribution in [0, 0.1) is 6.92 Å². The van der Waals surface area contributed by atoms with Crippen LogP contribution in [0.2, 0.25) is 0 Å². The van der Waals surface area contributed by atoms with Crippen molar-refractivity contribution >= 4 is 23.2 Å². The van der Waals surface area contributed by atoms with Crippen molar-refractivity contribution in [2.45, 2.75) is 65.3 Å². The highest BCUT2D eigenvalue weighted by molar-refractivity contribution is 5.61. The van der Waals surface area contributed by atoms with Gasteiger partial charge in [-0.25, -0.2) is 14.5 Å². The zero-order valence-corrected chi connectivity index (χ0v) is 18.2. The average Bonchev–Trinajstić information content (AvgIpc) is 3.12. The Bertz CT molecular complexity index is 1010. The van der Waals surface area contributed by atoms with Crippen LogP contribution in [-0.2, 0) is 6.42 Å². The van der Waals surface area contributed by atoms with Gasteiger partial charge in [-0.05, 0) is 50.7 Å². The number of nitrogens with one attached hydrogen (secondary N) is 1. The first-order valence-electron chi connectivity index (χ1n) is 11.0. The Labute approximate surface area is 177 Å². The molecule has 1 aliphatic heterocycles. The second kappa shape index (κ2) is 8.85. The highest BCUT2D eigenvalue weighted by atomic mass is 15.3. The molecule has 1 aliphatic rings. The number of fused-ring (bicyclic) bond motifs is 1. The van der Waals surface area contributed by atoms with E-state index in [9.17, 15) is 0 Å². The van der Waals surface area contributed by atoms with Crippen molar-refractivity contribution in [1.82, 2.24) is 24.6 Å². The molecule has 3 aromatic heterocycles. The largest absolute Gasteiger partial charge is 0.380 e. The van der Waals surface area contributed by atoms with E-state index in [1.807, 2.05) is 12.4 Å². The number of nitrogen functional groups attached to an aromatic ring is 1. The SMILES string of the molecule is CCC[C@H](C)Nc1nc(N)c2ncc(Cc3cnc(N4CCCCC4)c(C)c3)n2n1. The summed E-state index contributed by atoms with van der Waals surface area (Å²) in [7, 11) is 0. The molecule has 1 saturated heterocycles. The molecule has 0 radical (unpaired) electrons. The fourth-order valence-electron chi connectivity index (χ4n) is 4.22. The van der Waals surface area contributed by atoms with Crippen molar-refractivity contribution in [1.29, 1.82) is 0 Å². The summed E-state index contributed by atoms with van der Waals surface area (Å²) in [4.78, 5) is 16.0. The summed E-state index contributed by atoms with van der Waals surface area (Å²) in [5, 5.41) is 7.99. The first-order chi connectivity index (χ1) is 14.5. The van der Waals surface area contributed by atoms with Crippen molar-refractivity contribution < 1.29 is 0 Å². The summed E-state index contributed by atoms with van der Waals surface area (Å²) in [6.07, 6.45) is 10.5. The van der Waals surface area contributed by atoms with Gasteiger partial charge in [0, 0.05) is 31.7 Å². The molecule has 8 heteroatoms. The maximum absolute atomic E-state index is 6.15. The fourth-order valence-corrected chi connectivity index (χ4v) is 4.22. The van der Waals surface area contributed by atoms with Crippen molar-refractivity contribution in [3.63, 3.8) is 0 Å². The summed E-state index contributed by atoms with van der Waals surface area (Å²) in [5.41, 5.74) is 10.1. The summed E-state index contributed by atoms with van der Waals surface area (Å²) in [6, 6.07) is 2.51. The molecule has 1 fully saturated rings. The molecule has 0 aliphatic carbocycles. The number of hydrogen-bond donors (Lipinski definition) is 2. The summed E-state index contributed by atoms with van der Waals surface area (Å²) in [5.74, 6) is 2.03. The van der Waals surface area contributed by atoms with Crippen LogP contribution in [0.4, 0.5) is 17.6 Å². The number of hydrogen-bond acceptors (Lipinski definition) is 7. The van der Waals surface area contributed by atoms with Crippen LogP contribution in [0.1, 0.15) is 62.8 Å². The third kappa shape index (κ3) is 4.32. The Morgan fingerprint density at radius 3 is 2.70 bits per heavy atom. The van der Waals surface area contributed by atoms with Gasteiger partial charge in [-0.2, -0.15) is 4.98 Å². The van der Waals surface area contributed by atoms with E-state index >= 15 is 0 Å². The molecule has 30 heavy (non-hydrogen) atoms. The lowest BCUT2D eigenvalue weighted by molar-refractivity contribution is 0.572. The number of aryl methyl sites for hydroxylation is 1. The number of anilines is 3. The van der Waals surface area contributed by atoms with E-state index in [-0.39, 0.29) is 6.04 Å². The molecule has 3 aromatic rings. The van der Waals surface area contributed by atoms with Crippen LogP contribution in [0.15, 0.2) is 18.5 Å². The maximum atomic E-state index is 6.15. The molecular formula is C22H32N8. The van der Waals surface area contributed by atoms with E-state index in [0.717, 1.165) is 43.0 Å². The quantitative estimate of drug-likeness (QED) is 0.616. The molecule has 0 spiro atoms. The number of pyridine rings is 1. The summed E-state index contributed by atoms with van der Waals surface area (Å²) in [6.45, 7) is 8.63. The third-order valence-corrected chi connectivity index (χ3v) is 5.70. The Hall–Kier alpha value is -2.90. The molecule has 0 saturated carbocycles. The molecular weight excluding hydrogens is 376 g/mol. The summed E-state index contributed by atoms with van der Waals surface area (Å²) >= 11 is 0. The van der Waals surface area contributed by atoms with Gasteiger partial charge in [-0.15, -0.1) is 5.10 Å². The molecule has 0 unspecified atom stereocenters. The molecule has 3 N–H and O–H groups in total. The van der Waals surface area contributed by atoms with Gasteiger partial charge in [-0.1, -0.05) is 19.4 Å². The number of piperidine rings is 1. The molecule has 0 aromatic carbocycles. The zero-order valence-electron chi connectivity index (χ0n) is 18.2. The highest BCUT2D eigenvalue weighted by Crippen LogP contribution is 2.23. The zero-order chi connectivity index (χ0) is 21.1. The topological polar surface area (TPSA) is 97.3 Å². The number of nitrogens with two attached hydrogens (primary N) is 1. The minimum Gasteiger partial charge on any atom is -0.380 e. The van der Waals surface area contributed by atoms with Crippen LogP contribution in [0.25, 0.3) is 5.65 Å². The first kappa shape index (κ1) is 20.4. The first-order valence-corrected chi connectivity index (χ1v) is 11.0. The Morgan fingerprint density at radius 2 is 1.97 bits per heavy atom. The molecule has 1 atom stereocenters. The van der Waals surface area contributed by atoms with Gasteiger partial charge in [0.25, 0.3) is 0 Å². The van der Waals surface area contributed by atoms with Gasteiger partial charge >= 0.3 is 0 Å². The number of nitrogens with zero attached hydrogens (tertiary/aromatic N) is 6. The lowest BCUT2D eigenvalue weighted by atomic mass is 10.1. The summed E-state index contributed by atoms with van der Waals surface area (Å²) < 4.78 is 1.80. The Morgan fingerprint density at radius 1 is 1.17 bits per heavy atom. The van der Waals surface area contributed by atoms with Gasteiger partial charge in [0.1, 0.15) is 5.82 Å². The molecule has 4 rings (SSSR count). The normalized spacial score (nSPS) is 15.5. The van der Waals surface area contributed by atoms with Crippen molar-refractivity contribution in [2.24, 2.45) is 0 Å². The minimum absolute atomic E-state index is 0.285. The minimum atomic E-state index is 0.285. The van der Waals surface area contributed by atoms with Gasteiger partial charge < -0.3 is 16.0 Å². The number of aromatic nitrogens is 5. The van der Waals surface area contributed by atoms with E-state index in [2.05, 4.69) is 52.1 Å². The van der Waals surface area contributed by atoms with Crippen LogP contribution in [0.5, 0.6) is 0 Å². The molecule has 160 valence electrons. The maximum Gasteiger partial charge on any atom is 0.243 e. The van der Waals surface area contributed by atoms with E-state index < -0.39 is 0 Å². The number of imidazole rings is 1. The standard InChI is InChI=1S/C22H32N8/c1-4-8-16(3)26-22-27-19(23)21-25-14-18(30(21)28-22)12-17-11-15(2)20(24-13-17)29-9-6-5-7-10-29/h11,13-14,16H,4-10,12H2,1-3H3,(H3,23,26,27,28)/t16-/m0/s1. The lowest BCUT2D eigenvalue weighted by Crippen LogP contribution is -2.30. The van der Waals surface area contributed by atoms with Gasteiger partial charge in [0.2, 0.25) is 5.95 Å². The molecule has 4 heterocycles. The third-order valence-electron chi connectivity index (χ3n) is 5.70. The van der Waals surface area contributed by atoms with E-state index in [1.165, 1.54) is 24.8 Å². The molecule has 8 nitrogen and oxygen atoms in total. The highest BCUT2D eigenvalue weighted by Gasteiger charge is 2.16. The van der Waals surface area contributed by atoms with Crippen molar-refractivity contribution in [3.05, 3.63) is 35.3 Å². The monoisotopic (exact) mass is 408 g/mol. The van der Waals surface area contributed by atoms with Gasteiger partial charge in [0.05, 0.1) is 11.9 Å². The predicted molar refractivity (Wildman–Crippen MR) is 121 cm³/mol. The van der Waals surface area contributed by atoms with E-state index in [0.29, 0.717) is 23.8 Å². The Kier molecular flexibility index (Phi) is 6.01. The molecule has 0 bridgehead atoms. The lowest BCUT2D eigenvalue weighted by Gasteiger charge is -2.29. The van der Waals surface area contributed by atoms with Crippen LogP contribution < -0.4 is 16.0 Å². The smallest absolute Gasteiger partial charge is 0.243 e. The van der Waals surface area contributed by atoms with Crippen LogP contribution >= 0.6 is 0 Å². The van der Waals surface area contributed by atoms with Crippen molar-refractivity contribution in [2.75, 3.05) is 29.0 Å².